The standard InChI is InChI=1S/C18H16BrFN2O3/c19-12-7-11(9-21-10-12)17(23)22-5-6-25-18(24)15-8-14(15)13-3-1-2-4-16(13)20/h1-4,7,9-10,14-15H,5-6,8H2,(H,22,23). The lowest BCUT2D eigenvalue weighted by Crippen LogP contribution is -2.28. The Kier molecular flexibility index (Phi) is 5.43. The molecule has 3 rings (SSSR count). The van der Waals surface area contributed by atoms with Crippen molar-refractivity contribution < 1.29 is 18.7 Å². The average Bonchev–Trinajstić information content (AvgIpc) is 3.39. The molecular weight excluding hydrogens is 391 g/mol. The molecule has 1 aromatic heterocycles. The summed E-state index contributed by atoms with van der Waals surface area (Å²) in [5.74, 6) is -1.36. The zero-order chi connectivity index (χ0) is 17.8. The van der Waals surface area contributed by atoms with Crippen LogP contribution in [0.2, 0.25) is 0 Å². The highest BCUT2D eigenvalue weighted by atomic mass is 79.9. The monoisotopic (exact) mass is 406 g/mol. The molecule has 2 aromatic rings. The van der Waals surface area contributed by atoms with Gasteiger partial charge in [-0.05, 0) is 40.0 Å². The van der Waals surface area contributed by atoms with Crippen molar-refractivity contribution in [1.29, 1.82) is 0 Å². The van der Waals surface area contributed by atoms with Crippen LogP contribution in [0.4, 0.5) is 4.39 Å². The van der Waals surface area contributed by atoms with E-state index in [4.69, 9.17) is 4.74 Å². The molecule has 25 heavy (non-hydrogen) atoms. The van der Waals surface area contributed by atoms with Gasteiger partial charge in [0.25, 0.3) is 5.91 Å². The Bertz CT molecular complexity index is 799. The Morgan fingerprint density at radius 2 is 2.12 bits per heavy atom. The van der Waals surface area contributed by atoms with Crippen LogP contribution in [-0.2, 0) is 9.53 Å². The van der Waals surface area contributed by atoms with Crippen molar-refractivity contribution in [2.75, 3.05) is 13.2 Å². The molecule has 0 spiro atoms. The van der Waals surface area contributed by atoms with Crippen LogP contribution in [0.25, 0.3) is 0 Å². The van der Waals surface area contributed by atoms with Crippen molar-refractivity contribution in [2.24, 2.45) is 5.92 Å². The maximum absolute atomic E-state index is 13.7. The van der Waals surface area contributed by atoms with Gasteiger partial charge in [0.1, 0.15) is 12.4 Å². The van der Waals surface area contributed by atoms with Crippen molar-refractivity contribution in [1.82, 2.24) is 10.3 Å². The number of esters is 1. The largest absolute Gasteiger partial charge is 0.464 e. The van der Waals surface area contributed by atoms with Crippen LogP contribution < -0.4 is 5.32 Å². The van der Waals surface area contributed by atoms with E-state index >= 15 is 0 Å². The topological polar surface area (TPSA) is 68.3 Å². The lowest BCUT2D eigenvalue weighted by atomic mass is 10.1. The number of hydrogen-bond acceptors (Lipinski definition) is 4. The first kappa shape index (κ1) is 17.5. The maximum Gasteiger partial charge on any atom is 0.309 e. The van der Waals surface area contributed by atoms with E-state index in [0.29, 0.717) is 22.0 Å². The zero-order valence-electron chi connectivity index (χ0n) is 13.2. The number of nitrogens with zero attached hydrogens (tertiary/aromatic N) is 1. The molecule has 7 heteroatoms. The van der Waals surface area contributed by atoms with Crippen molar-refractivity contribution in [3.63, 3.8) is 0 Å². The number of nitrogens with one attached hydrogen (secondary N) is 1. The molecule has 0 aliphatic heterocycles. The smallest absolute Gasteiger partial charge is 0.309 e. The molecule has 0 saturated heterocycles. The fourth-order valence-electron chi connectivity index (χ4n) is 2.64. The fraction of sp³-hybridized carbons (Fsp3) is 0.278. The van der Waals surface area contributed by atoms with Crippen molar-refractivity contribution in [3.05, 3.63) is 64.1 Å². The molecule has 1 N–H and O–H groups in total. The van der Waals surface area contributed by atoms with Crippen LogP contribution in [-0.4, -0.2) is 30.0 Å². The highest BCUT2D eigenvalue weighted by Gasteiger charge is 2.46. The second-order valence-corrected chi connectivity index (χ2v) is 6.70. The van der Waals surface area contributed by atoms with Gasteiger partial charge < -0.3 is 10.1 Å². The summed E-state index contributed by atoms with van der Waals surface area (Å²) in [5.41, 5.74) is 0.974. The molecule has 1 amide bonds. The van der Waals surface area contributed by atoms with E-state index in [1.807, 2.05) is 0 Å². The van der Waals surface area contributed by atoms with Gasteiger partial charge in [0.2, 0.25) is 0 Å². The molecule has 1 heterocycles. The quantitative estimate of drug-likeness (QED) is 0.591. The normalized spacial score (nSPS) is 18.5. The first-order valence-corrected chi connectivity index (χ1v) is 8.65. The van der Waals surface area contributed by atoms with Crippen LogP contribution in [0.5, 0.6) is 0 Å². The van der Waals surface area contributed by atoms with Crippen molar-refractivity contribution in [2.45, 2.75) is 12.3 Å². The highest BCUT2D eigenvalue weighted by molar-refractivity contribution is 9.10. The fourth-order valence-corrected chi connectivity index (χ4v) is 3.00. The predicted octanol–water partition coefficient (Wildman–Crippen LogP) is 3.06. The van der Waals surface area contributed by atoms with Gasteiger partial charge in [-0.25, -0.2) is 4.39 Å². The van der Waals surface area contributed by atoms with E-state index < -0.39 is 0 Å². The van der Waals surface area contributed by atoms with Gasteiger partial charge in [-0.15, -0.1) is 0 Å². The van der Waals surface area contributed by atoms with Gasteiger partial charge in [0.15, 0.2) is 0 Å². The van der Waals surface area contributed by atoms with Crippen LogP contribution >= 0.6 is 15.9 Å². The SMILES string of the molecule is O=C(NCCOC(=O)C1CC1c1ccccc1F)c1cncc(Br)c1. The molecule has 1 aliphatic rings. The number of carbonyl (C=O) groups is 2. The third-order valence-corrected chi connectivity index (χ3v) is 4.43. The summed E-state index contributed by atoms with van der Waals surface area (Å²) < 4.78 is 19.6. The minimum Gasteiger partial charge on any atom is -0.464 e. The first-order valence-electron chi connectivity index (χ1n) is 7.86. The van der Waals surface area contributed by atoms with Gasteiger partial charge in [-0.3, -0.25) is 14.6 Å². The van der Waals surface area contributed by atoms with Gasteiger partial charge in [0, 0.05) is 22.8 Å². The van der Waals surface area contributed by atoms with Gasteiger partial charge in [-0.2, -0.15) is 0 Å². The summed E-state index contributed by atoms with van der Waals surface area (Å²) in [5, 5.41) is 2.66. The average molecular weight is 407 g/mol. The summed E-state index contributed by atoms with van der Waals surface area (Å²) in [4.78, 5) is 27.8. The molecule has 1 saturated carbocycles. The summed E-state index contributed by atoms with van der Waals surface area (Å²) in [6, 6.07) is 8.11. The third-order valence-electron chi connectivity index (χ3n) is 4.00. The molecule has 2 unspecified atom stereocenters. The Hall–Kier alpha value is -2.28. The molecule has 1 aromatic carbocycles. The minimum absolute atomic E-state index is 0.0759. The number of halogens is 2. The van der Waals surface area contributed by atoms with Crippen LogP contribution in [0.3, 0.4) is 0 Å². The number of rotatable bonds is 6. The Morgan fingerprint density at radius 3 is 2.88 bits per heavy atom. The Balaban J connectivity index is 1.41. The van der Waals surface area contributed by atoms with E-state index in [9.17, 15) is 14.0 Å². The summed E-state index contributed by atoms with van der Waals surface area (Å²) in [6.07, 6.45) is 3.63. The first-order chi connectivity index (χ1) is 12.1. The second-order valence-electron chi connectivity index (χ2n) is 5.79. The predicted molar refractivity (Wildman–Crippen MR) is 92.5 cm³/mol. The third kappa shape index (κ3) is 4.42. The lowest BCUT2D eigenvalue weighted by molar-refractivity contribution is -0.145. The second kappa shape index (κ2) is 7.74. The lowest BCUT2D eigenvalue weighted by Gasteiger charge is -2.07. The molecule has 0 bridgehead atoms. The van der Waals surface area contributed by atoms with E-state index in [2.05, 4.69) is 26.2 Å². The number of aromatic nitrogens is 1. The Morgan fingerprint density at radius 1 is 1.32 bits per heavy atom. The van der Waals surface area contributed by atoms with Crippen molar-refractivity contribution in [3.8, 4) is 0 Å². The molecular formula is C18H16BrFN2O3. The number of hydrogen-bond donors (Lipinski definition) is 1. The van der Waals surface area contributed by atoms with E-state index in [1.54, 1.807) is 30.5 Å². The number of carbonyl (C=O) groups excluding carboxylic acids is 2. The Labute approximate surface area is 152 Å². The summed E-state index contributed by atoms with van der Waals surface area (Å²) in [6.45, 7) is 0.278. The highest BCUT2D eigenvalue weighted by Crippen LogP contribution is 2.48. The van der Waals surface area contributed by atoms with Crippen LogP contribution in [0.1, 0.15) is 28.3 Å². The molecule has 0 radical (unpaired) electrons. The van der Waals surface area contributed by atoms with E-state index in [1.165, 1.54) is 12.3 Å². The molecule has 5 nitrogen and oxygen atoms in total. The number of amides is 1. The number of benzene rings is 1. The van der Waals surface area contributed by atoms with Gasteiger partial charge >= 0.3 is 5.97 Å². The van der Waals surface area contributed by atoms with E-state index in [0.717, 1.165) is 0 Å². The zero-order valence-corrected chi connectivity index (χ0v) is 14.8. The van der Waals surface area contributed by atoms with E-state index in [-0.39, 0.29) is 42.7 Å². The molecule has 2 atom stereocenters. The van der Waals surface area contributed by atoms with Gasteiger partial charge in [-0.1, -0.05) is 18.2 Å². The summed E-state index contributed by atoms with van der Waals surface area (Å²) >= 11 is 3.25. The molecule has 1 aliphatic carbocycles. The van der Waals surface area contributed by atoms with Crippen LogP contribution in [0.15, 0.2) is 47.2 Å². The number of ether oxygens (including phenoxy) is 1. The maximum atomic E-state index is 13.7. The van der Waals surface area contributed by atoms with Gasteiger partial charge in [0.05, 0.1) is 18.0 Å². The number of pyridine rings is 1. The van der Waals surface area contributed by atoms with Crippen LogP contribution in [0, 0.1) is 11.7 Å². The molecule has 1 fully saturated rings. The van der Waals surface area contributed by atoms with Crippen molar-refractivity contribution >= 4 is 27.8 Å². The molecule has 130 valence electrons. The minimum atomic E-state index is -0.355. The summed E-state index contributed by atoms with van der Waals surface area (Å²) in [7, 11) is 0.